The largest absolute Gasteiger partial charge is 0.469 e. The summed E-state index contributed by atoms with van der Waals surface area (Å²) in [6.45, 7) is 21.2. The zero-order valence-corrected chi connectivity index (χ0v) is 36.8. The zero-order valence-electron chi connectivity index (χ0n) is 36.8. The molecule has 57 heavy (non-hydrogen) atoms. The molecule has 4 fully saturated rings. The van der Waals surface area contributed by atoms with E-state index >= 15 is 0 Å². The van der Waals surface area contributed by atoms with Crippen LogP contribution in [0.15, 0.2) is 12.2 Å². The minimum Gasteiger partial charge on any atom is -0.469 e. The van der Waals surface area contributed by atoms with Crippen LogP contribution in [-0.4, -0.2) is 101 Å². The lowest BCUT2D eigenvalue weighted by Crippen LogP contribution is -2.63. The summed E-state index contributed by atoms with van der Waals surface area (Å²) in [6, 6.07) is 0. The minimum atomic E-state index is -1.37. The Hall–Kier alpha value is -1.93. The molecule has 4 saturated heterocycles. The summed E-state index contributed by atoms with van der Waals surface area (Å²) >= 11 is 0. The molecule has 0 radical (unpaired) electrons. The molecule has 0 bridgehead atoms. The van der Waals surface area contributed by atoms with Gasteiger partial charge in [0.2, 0.25) is 5.79 Å². The number of hydrogen-bond acceptors (Lipinski definition) is 12. The molecule has 12 nitrogen and oxygen atoms in total. The first-order chi connectivity index (χ1) is 26.7. The fourth-order valence-corrected chi connectivity index (χ4v) is 10.9. The van der Waals surface area contributed by atoms with Gasteiger partial charge in [-0.05, 0) is 95.6 Å². The Morgan fingerprint density at radius 2 is 1.58 bits per heavy atom. The van der Waals surface area contributed by atoms with Crippen LogP contribution in [0.25, 0.3) is 0 Å². The van der Waals surface area contributed by atoms with E-state index in [0.29, 0.717) is 51.4 Å². The maximum absolute atomic E-state index is 14.6. The van der Waals surface area contributed by atoms with Gasteiger partial charge < -0.3 is 43.4 Å². The summed E-state index contributed by atoms with van der Waals surface area (Å²) in [4.78, 5) is 39.6. The van der Waals surface area contributed by atoms with E-state index in [-0.39, 0.29) is 65.8 Å². The Balaban J connectivity index is 1.36. The lowest BCUT2D eigenvalue weighted by Gasteiger charge is -2.54. The Kier molecular flexibility index (Phi) is 14.5. The Morgan fingerprint density at radius 1 is 0.895 bits per heavy atom. The molecule has 2 spiro atoms. The van der Waals surface area contributed by atoms with Crippen molar-refractivity contribution in [1.82, 2.24) is 0 Å². The molecule has 5 aliphatic heterocycles. The molecular formula is C45H74O12. The van der Waals surface area contributed by atoms with E-state index in [1.807, 2.05) is 53.7 Å². The summed E-state index contributed by atoms with van der Waals surface area (Å²) < 4.78 is 45.1. The number of ketones is 1. The number of methoxy groups -OCH3 is 1. The summed E-state index contributed by atoms with van der Waals surface area (Å²) in [7, 11) is 1.39. The summed E-state index contributed by atoms with van der Waals surface area (Å²) in [6.07, 6.45) is 6.10. The van der Waals surface area contributed by atoms with Crippen LogP contribution >= 0.6 is 0 Å². The van der Waals surface area contributed by atoms with Gasteiger partial charge in [-0.15, -0.1) is 0 Å². The van der Waals surface area contributed by atoms with Gasteiger partial charge in [0.15, 0.2) is 11.9 Å². The van der Waals surface area contributed by atoms with Crippen LogP contribution in [0.5, 0.6) is 0 Å². The molecule has 12 heteroatoms. The molecule has 0 aromatic heterocycles. The van der Waals surface area contributed by atoms with Crippen LogP contribution in [-0.2, 0) is 47.5 Å². The van der Waals surface area contributed by atoms with Crippen molar-refractivity contribution in [2.45, 2.75) is 206 Å². The molecule has 0 aromatic carbocycles. The van der Waals surface area contributed by atoms with Crippen molar-refractivity contribution in [3.63, 3.8) is 0 Å². The van der Waals surface area contributed by atoms with Crippen LogP contribution in [0.2, 0.25) is 0 Å². The Labute approximate surface area is 341 Å². The molecule has 326 valence electrons. The molecule has 5 rings (SSSR count). The molecule has 0 aliphatic carbocycles. The second-order valence-corrected chi connectivity index (χ2v) is 18.7. The highest BCUT2D eigenvalue weighted by Crippen LogP contribution is 2.54. The molecule has 1 unspecified atom stereocenters. The van der Waals surface area contributed by atoms with Crippen LogP contribution in [0, 0.1) is 41.4 Å². The third-order valence-electron chi connectivity index (χ3n) is 14.9. The van der Waals surface area contributed by atoms with E-state index in [0.717, 1.165) is 12.8 Å². The molecule has 18 atom stereocenters. The molecule has 5 aliphatic rings. The van der Waals surface area contributed by atoms with Gasteiger partial charge in [-0.2, -0.15) is 0 Å². The fraction of sp³-hybridized carbons (Fsp3) is 0.889. The highest BCUT2D eigenvalue weighted by atomic mass is 16.8. The van der Waals surface area contributed by atoms with Gasteiger partial charge in [0.05, 0.1) is 60.9 Å². The van der Waals surface area contributed by atoms with E-state index in [9.17, 15) is 24.6 Å². The van der Waals surface area contributed by atoms with Crippen LogP contribution in [0.1, 0.15) is 140 Å². The standard InChI is InChI=1S/C45H74O12/c1-13-32(41(49)51-12)34-17-16-25(4)39(54-34)29(8)37(47)28(7)38(48)33(14-2)40-26(5)24-27(6)44(55-40)21-19-36(53-31(10)46)45(57-44)23-22-42(11,56-45)35-18-20-43(50,15-3)30(9)52-35/h19,21,25-30,32-37,39-40,47,50H,13-18,20,22-24H2,1-12H3/t25?,26-,27+,28-,29-,30-,32+,33-,34+,35+,36-,37+,39+,40-,42-,43+,44+,45-/m0/s1. The van der Waals surface area contributed by atoms with Gasteiger partial charge in [-0.1, -0.05) is 55.4 Å². The fourth-order valence-electron chi connectivity index (χ4n) is 10.9. The van der Waals surface area contributed by atoms with Crippen molar-refractivity contribution in [1.29, 1.82) is 0 Å². The van der Waals surface area contributed by atoms with E-state index in [4.69, 9.17) is 33.2 Å². The lowest BCUT2D eigenvalue weighted by molar-refractivity contribution is -0.409. The second kappa shape index (κ2) is 18.0. The molecule has 5 heterocycles. The second-order valence-electron chi connectivity index (χ2n) is 18.7. The molecule has 0 amide bonds. The maximum Gasteiger partial charge on any atom is 0.311 e. The number of aliphatic hydroxyl groups excluding tert-OH is 1. The van der Waals surface area contributed by atoms with Crippen molar-refractivity contribution >= 4 is 17.7 Å². The average molecular weight is 807 g/mol. The Bertz CT molecular complexity index is 1450. The summed E-state index contributed by atoms with van der Waals surface area (Å²) in [5.74, 6) is -5.47. The highest BCUT2D eigenvalue weighted by Gasteiger charge is 2.64. The van der Waals surface area contributed by atoms with Crippen molar-refractivity contribution in [3.05, 3.63) is 12.2 Å². The number of ether oxygens (including phenoxy) is 7. The van der Waals surface area contributed by atoms with E-state index < -0.39 is 58.9 Å². The lowest BCUT2D eigenvalue weighted by atomic mass is 9.72. The van der Waals surface area contributed by atoms with Gasteiger partial charge in [-0.25, -0.2) is 0 Å². The van der Waals surface area contributed by atoms with Crippen molar-refractivity contribution in [2.75, 3.05) is 7.11 Å². The quantitative estimate of drug-likeness (QED) is 0.148. The predicted molar refractivity (Wildman–Crippen MR) is 213 cm³/mol. The molecule has 0 saturated carbocycles. The van der Waals surface area contributed by atoms with Crippen molar-refractivity contribution in [2.24, 2.45) is 41.4 Å². The SMILES string of the molecule is CC[C@@H](C(=O)[C@@H](C)[C@@H](O)[C@H](C)[C@@H]1O[C@@H]([C@@H](CC)C(=O)OC)CCC1C)[C@H]1O[C@@]2(C=C[C@H](OC(C)=O)[C@]3(CC[C@@](C)([C@H]4CC[C@](O)(CC)[C@H](C)O4)O3)O2)[C@H](C)C[C@@H]1C. The van der Waals surface area contributed by atoms with Crippen LogP contribution < -0.4 is 0 Å². The molecular weight excluding hydrogens is 732 g/mol. The molecule has 2 N–H and O–H groups in total. The normalized spacial score (nSPS) is 43.6. The number of carbonyl (C=O) groups excluding carboxylic acids is 3. The minimum absolute atomic E-state index is 0.00334. The topological polar surface area (TPSA) is 156 Å². The highest BCUT2D eigenvalue weighted by molar-refractivity contribution is 5.84. The van der Waals surface area contributed by atoms with E-state index in [2.05, 4.69) is 20.8 Å². The van der Waals surface area contributed by atoms with Crippen LogP contribution in [0.4, 0.5) is 0 Å². The number of hydrogen-bond donors (Lipinski definition) is 2. The van der Waals surface area contributed by atoms with E-state index in [1.165, 1.54) is 14.0 Å². The van der Waals surface area contributed by atoms with Gasteiger partial charge in [0, 0.05) is 37.0 Å². The zero-order chi connectivity index (χ0) is 42.2. The summed E-state index contributed by atoms with van der Waals surface area (Å²) in [5.41, 5.74) is -1.69. The number of esters is 2. The van der Waals surface area contributed by atoms with Crippen molar-refractivity contribution < 1.29 is 57.8 Å². The third-order valence-corrected chi connectivity index (χ3v) is 14.9. The first-order valence-electron chi connectivity index (χ1n) is 22.0. The number of aliphatic hydroxyl groups is 2. The van der Waals surface area contributed by atoms with Crippen molar-refractivity contribution in [3.8, 4) is 0 Å². The van der Waals surface area contributed by atoms with Gasteiger partial charge in [0.1, 0.15) is 5.78 Å². The van der Waals surface area contributed by atoms with Crippen LogP contribution in [0.3, 0.4) is 0 Å². The predicted octanol–water partition coefficient (Wildman–Crippen LogP) is 6.85. The first kappa shape index (κ1) is 46.1. The first-order valence-corrected chi connectivity index (χ1v) is 22.0. The van der Waals surface area contributed by atoms with Gasteiger partial charge >= 0.3 is 11.9 Å². The van der Waals surface area contributed by atoms with Gasteiger partial charge in [0.25, 0.3) is 0 Å². The summed E-state index contributed by atoms with van der Waals surface area (Å²) in [5, 5.41) is 23.0. The number of carbonyl (C=O) groups is 3. The number of Topliss-reactive ketones (excluding diaryl/α,β-unsaturated/α-hetero) is 1. The third kappa shape index (κ3) is 8.94. The average Bonchev–Trinajstić information content (AvgIpc) is 3.52. The smallest absolute Gasteiger partial charge is 0.311 e. The monoisotopic (exact) mass is 807 g/mol. The maximum atomic E-state index is 14.6. The Morgan fingerprint density at radius 3 is 2.18 bits per heavy atom. The van der Waals surface area contributed by atoms with E-state index in [1.54, 1.807) is 6.92 Å². The van der Waals surface area contributed by atoms with Gasteiger partial charge in [-0.3, -0.25) is 14.4 Å². The molecule has 0 aromatic rings. The number of rotatable bonds is 13.